The van der Waals surface area contributed by atoms with Gasteiger partial charge < -0.3 is 10.1 Å². The molecule has 0 aromatic carbocycles. The Kier molecular flexibility index (Phi) is 4.17. The van der Waals surface area contributed by atoms with E-state index in [1.165, 1.54) is 30.6 Å². The molecule has 1 heterocycles. The lowest BCUT2D eigenvalue weighted by atomic mass is 9.93. The van der Waals surface area contributed by atoms with Crippen molar-refractivity contribution in [2.24, 2.45) is 0 Å². The molecule has 1 aromatic rings. The number of nitrogens with one attached hydrogen (secondary N) is 1. The zero-order valence-corrected chi connectivity index (χ0v) is 11.8. The van der Waals surface area contributed by atoms with Crippen molar-refractivity contribution in [3.05, 3.63) is 16.1 Å². The van der Waals surface area contributed by atoms with Crippen LogP contribution in [0.3, 0.4) is 0 Å². The van der Waals surface area contributed by atoms with Crippen molar-refractivity contribution in [3.8, 4) is 0 Å². The molecule has 1 aromatic heterocycles. The largest absolute Gasteiger partial charge is 0.377 e. The molecule has 1 aliphatic carbocycles. The summed E-state index contributed by atoms with van der Waals surface area (Å²) in [6.07, 6.45) is 4.94. The summed E-state index contributed by atoms with van der Waals surface area (Å²) < 4.78 is 5.79. The molecule has 0 unspecified atom stereocenters. The zero-order chi connectivity index (χ0) is 12.3. The molecule has 96 valence electrons. The molecule has 0 saturated heterocycles. The fourth-order valence-electron chi connectivity index (χ4n) is 2.72. The van der Waals surface area contributed by atoms with E-state index in [0.717, 1.165) is 12.2 Å². The third-order valence-electron chi connectivity index (χ3n) is 4.06. The summed E-state index contributed by atoms with van der Waals surface area (Å²) in [4.78, 5) is 5.61. The highest BCUT2D eigenvalue weighted by molar-refractivity contribution is 7.09. The summed E-state index contributed by atoms with van der Waals surface area (Å²) in [7, 11) is 1.85. The van der Waals surface area contributed by atoms with Crippen LogP contribution in [-0.4, -0.2) is 23.7 Å². The molecule has 0 radical (unpaired) electrons. The number of ether oxygens (including phenoxy) is 1. The molecular formula is C13H22N2OS. The van der Waals surface area contributed by atoms with E-state index in [1.807, 2.05) is 12.6 Å². The Labute approximate surface area is 108 Å². The topological polar surface area (TPSA) is 34.1 Å². The number of methoxy groups -OCH3 is 1. The van der Waals surface area contributed by atoms with E-state index < -0.39 is 0 Å². The molecular weight excluding hydrogens is 232 g/mol. The second kappa shape index (κ2) is 5.46. The van der Waals surface area contributed by atoms with Crippen LogP contribution in [0, 0.1) is 6.92 Å². The maximum atomic E-state index is 5.79. The number of thiazole rings is 1. The van der Waals surface area contributed by atoms with E-state index in [0.29, 0.717) is 6.04 Å². The minimum absolute atomic E-state index is 0.0542. The van der Waals surface area contributed by atoms with Crippen LogP contribution in [-0.2, 0) is 11.3 Å². The van der Waals surface area contributed by atoms with Crippen molar-refractivity contribution in [2.45, 2.75) is 57.7 Å². The third kappa shape index (κ3) is 2.69. The maximum absolute atomic E-state index is 5.79. The number of hydrogen-bond donors (Lipinski definition) is 1. The monoisotopic (exact) mass is 254 g/mol. The molecule has 1 fully saturated rings. The predicted molar refractivity (Wildman–Crippen MR) is 71.4 cm³/mol. The molecule has 2 rings (SSSR count). The fourth-order valence-corrected chi connectivity index (χ4v) is 3.44. The molecule has 1 atom stereocenters. The van der Waals surface area contributed by atoms with Crippen LogP contribution >= 0.6 is 11.3 Å². The van der Waals surface area contributed by atoms with Crippen LogP contribution in [0.4, 0.5) is 0 Å². The van der Waals surface area contributed by atoms with Crippen molar-refractivity contribution in [3.63, 3.8) is 0 Å². The summed E-state index contributed by atoms with van der Waals surface area (Å²) in [5, 5.41) is 3.60. The van der Waals surface area contributed by atoms with Gasteiger partial charge in [0.1, 0.15) is 0 Å². The van der Waals surface area contributed by atoms with Crippen LogP contribution in [0.15, 0.2) is 5.51 Å². The summed E-state index contributed by atoms with van der Waals surface area (Å²) in [6, 6.07) is 0.400. The summed E-state index contributed by atoms with van der Waals surface area (Å²) in [5.41, 5.74) is 3.12. The number of hydrogen-bond acceptors (Lipinski definition) is 4. The van der Waals surface area contributed by atoms with E-state index in [1.54, 1.807) is 11.3 Å². The minimum Gasteiger partial charge on any atom is -0.377 e. The molecule has 1 aliphatic rings. The lowest BCUT2D eigenvalue weighted by Crippen LogP contribution is -2.48. The average Bonchev–Trinajstić information content (AvgIpc) is 2.95. The van der Waals surface area contributed by atoms with Gasteiger partial charge in [-0.2, -0.15) is 0 Å². The van der Waals surface area contributed by atoms with Crippen LogP contribution < -0.4 is 5.32 Å². The first-order valence-electron chi connectivity index (χ1n) is 6.35. The second-order valence-corrected chi connectivity index (χ2v) is 5.88. The van der Waals surface area contributed by atoms with Gasteiger partial charge in [-0.1, -0.05) is 12.8 Å². The first kappa shape index (κ1) is 13.0. The van der Waals surface area contributed by atoms with Crippen molar-refractivity contribution in [1.82, 2.24) is 10.3 Å². The number of rotatable bonds is 5. The Hall–Kier alpha value is -0.450. The molecule has 3 nitrogen and oxygen atoms in total. The molecule has 0 aliphatic heterocycles. The average molecular weight is 254 g/mol. The fraction of sp³-hybridized carbons (Fsp3) is 0.769. The van der Waals surface area contributed by atoms with Gasteiger partial charge in [-0.25, -0.2) is 4.98 Å². The quantitative estimate of drug-likeness (QED) is 0.877. The van der Waals surface area contributed by atoms with Gasteiger partial charge in [0.25, 0.3) is 0 Å². The molecule has 0 bridgehead atoms. The standard InChI is InChI=1S/C13H22N2OS/c1-10-12(17-9-15-10)8-14-11(2)13(16-3)6-4-5-7-13/h9,11,14H,4-8H2,1-3H3/t11-/m0/s1. The number of aryl methyl sites for hydroxylation is 1. The zero-order valence-electron chi connectivity index (χ0n) is 11.0. The Bertz CT molecular complexity index is 358. The van der Waals surface area contributed by atoms with Crippen LogP contribution in [0.1, 0.15) is 43.2 Å². The molecule has 17 heavy (non-hydrogen) atoms. The lowest BCUT2D eigenvalue weighted by molar-refractivity contribution is -0.0311. The molecule has 1 saturated carbocycles. The predicted octanol–water partition coefficient (Wildman–Crippen LogP) is 2.89. The highest BCUT2D eigenvalue weighted by Gasteiger charge is 2.38. The highest BCUT2D eigenvalue weighted by atomic mass is 32.1. The number of nitrogens with zero attached hydrogens (tertiary/aromatic N) is 1. The van der Waals surface area contributed by atoms with E-state index in [2.05, 4.69) is 24.1 Å². The molecule has 1 N–H and O–H groups in total. The normalized spacial score (nSPS) is 20.6. The van der Waals surface area contributed by atoms with E-state index in [4.69, 9.17) is 4.74 Å². The Balaban J connectivity index is 1.92. The minimum atomic E-state index is 0.0542. The van der Waals surface area contributed by atoms with Crippen LogP contribution in [0.2, 0.25) is 0 Å². The van der Waals surface area contributed by atoms with E-state index in [9.17, 15) is 0 Å². The van der Waals surface area contributed by atoms with Gasteiger partial charge in [-0.05, 0) is 26.7 Å². The summed E-state index contributed by atoms with van der Waals surface area (Å²) in [6.45, 7) is 5.22. The van der Waals surface area contributed by atoms with Gasteiger partial charge in [-0.15, -0.1) is 11.3 Å². The Morgan fingerprint density at radius 3 is 2.76 bits per heavy atom. The van der Waals surface area contributed by atoms with Gasteiger partial charge in [0.2, 0.25) is 0 Å². The van der Waals surface area contributed by atoms with Gasteiger partial charge in [0, 0.05) is 24.6 Å². The van der Waals surface area contributed by atoms with Crippen molar-refractivity contribution in [1.29, 1.82) is 0 Å². The van der Waals surface area contributed by atoms with Gasteiger partial charge in [0.05, 0.1) is 16.8 Å². The highest BCUT2D eigenvalue weighted by Crippen LogP contribution is 2.35. The van der Waals surface area contributed by atoms with Crippen molar-refractivity contribution < 1.29 is 4.74 Å². The summed E-state index contributed by atoms with van der Waals surface area (Å²) >= 11 is 1.73. The van der Waals surface area contributed by atoms with E-state index in [-0.39, 0.29) is 5.60 Å². The van der Waals surface area contributed by atoms with Crippen molar-refractivity contribution >= 4 is 11.3 Å². The van der Waals surface area contributed by atoms with Crippen LogP contribution in [0.5, 0.6) is 0 Å². The van der Waals surface area contributed by atoms with Gasteiger partial charge in [0.15, 0.2) is 0 Å². The Morgan fingerprint density at radius 1 is 1.53 bits per heavy atom. The van der Waals surface area contributed by atoms with Gasteiger partial charge >= 0.3 is 0 Å². The Morgan fingerprint density at radius 2 is 2.24 bits per heavy atom. The van der Waals surface area contributed by atoms with Gasteiger partial charge in [-0.3, -0.25) is 0 Å². The molecule has 0 amide bonds. The SMILES string of the molecule is COC1([C@H](C)NCc2scnc2C)CCCC1. The van der Waals surface area contributed by atoms with E-state index >= 15 is 0 Å². The van der Waals surface area contributed by atoms with Crippen molar-refractivity contribution in [2.75, 3.05) is 7.11 Å². The number of aromatic nitrogens is 1. The molecule has 0 spiro atoms. The maximum Gasteiger partial charge on any atom is 0.0828 e. The smallest absolute Gasteiger partial charge is 0.0828 e. The first-order valence-corrected chi connectivity index (χ1v) is 7.23. The third-order valence-corrected chi connectivity index (χ3v) is 4.99. The first-order chi connectivity index (χ1) is 8.18. The lowest BCUT2D eigenvalue weighted by Gasteiger charge is -2.34. The van der Waals surface area contributed by atoms with Crippen LogP contribution in [0.25, 0.3) is 0 Å². The second-order valence-electron chi connectivity index (χ2n) is 4.94. The summed E-state index contributed by atoms with van der Waals surface area (Å²) in [5.74, 6) is 0. The molecule has 4 heteroatoms.